The Morgan fingerprint density at radius 1 is 1.08 bits per heavy atom. The van der Waals surface area contributed by atoms with Crippen LogP contribution in [0.25, 0.3) is 10.9 Å². The number of nitrogens with zero attached hydrogens (tertiary/aromatic N) is 1. The molecule has 4 rings (SSSR count). The Kier molecular flexibility index (Phi) is 4.93. The van der Waals surface area contributed by atoms with Crippen molar-refractivity contribution in [1.29, 1.82) is 0 Å². The Morgan fingerprint density at radius 2 is 1.85 bits per heavy atom. The molecule has 0 saturated heterocycles. The monoisotopic (exact) mass is 369 g/mol. The summed E-state index contributed by atoms with van der Waals surface area (Å²) in [6.07, 6.45) is 6.54. The Bertz CT molecular complexity index is 959. The summed E-state index contributed by atoms with van der Waals surface area (Å²) in [6.45, 7) is 0.0977. The first-order chi connectivity index (χ1) is 12.7. The third-order valence-electron chi connectivity index (χ3n) is 4.95. The molecule has 2 aromatic carbocycles. The fourth-order valence-corrected chi connectivity index (χ4v) is 3.73. The van der Waals surface area contributed by atoms with Crippen molar-refractivity contribution < 1.29 is 9.15 Å². The molecule has 3 aromatic rings. The Morgan fingerprint density at radius 3 is 2.62 bits per heavy atom. The van der Waals surface area contributed by atoms with E-state index in [2.05, 4.69) is 17.1 Å². The van der Waals surface area contributed by atoms with Crippen molar-refractivity contribution in [3.63, 3.8) is 0 Å². The summed E-state index contributed by atoms with van der Waals surface area (Å²) in [6, 6.07) is 13.1. The molecule has 0 N–H and O–H groups in total. The molecule has 0 atom stereocenters. The Hall–Kier alpha value is -2.33. The lowest BCUT2D eigenvalue weighted by atomic mass is 9.84. The van der Waals surface area contributed by atoms with E-state index >= 15 is 0 Å². The molecule has 0 aliphatic heterocycles. The van der Waals surface area contributed by atoms with E-state index in [9.17, 15) is 4.79 Å². The second-order valence-electron chi connectivity index (χ2n) is 6.75. The molecule has 26 heavy (non-hydrogen) atoms. The Balaban J connectivity index is 1.46. The molecule has 1 saturated carbocycles. The van der Waals surface area contributed by atoms with Gasteiger partial charge in [-0.1, -0.05) is 43.0 Å². The van der Waals surface area contributed by atoms with Crippen molar-refractivity contribution in [3.05, 3.63) is 69.4 Å². The van der Waals surface area contributed by atoms with E-state index in [-0.39, 0.29) is 12.5 Å². The van der Waals surface area contributed by atoms with Crippen molar-refractivity contribution in [2.75, 3.05) is 0 Å². The third-order valence-corrected chi connectivity index (χ3v) is 5.19. The third kappa shape index (κ3) is 3.75. The molecule has 4 nitrogen and oxygen atoms in total. The first kappa shape index (κ1) is 17.1. The smallest absolute Gasteiger partial charge is 0.346 e. The van der Waals surface area contributed by atoms with E-state index in [1.165, 1.54) is 37.7 Å². The van der Waals surface area contributed by atoms with Gasteiger partial charge in [-0.3, -0.25) is 0 Å². The highest BCUT2D eigenvalue weighted by atomic mass is 35.5. The lowest BCUT2D eigenvalue weighted by molar-refractivity contribution is 0.253. The second kappa shape index (κ2) is 7.50. The topological polar surface area (TPSA) is 52.3 Å². The van der Waals surface area contributed by atoms with Crippen molar-refractivity contribution in [2.45, 2.75) is 44.6 Å². The zero-order valence-corrected chi connectivity index (χ0v) is 15.2. The van der Waals surface area contributed by atoms with Gasteiger partial charge in [0.15, 0.2) is 6.61 Å². The zero-order chi connectivity index (χ0) is 17.9. The lowest BCUT2D eigenvalue weighted by Gasteiger charge is -2.22. The molecule has 0 amide bonds. The van der Waals surface area contributed by atoms with Crippen LogP contribution in [0.5, 0.6) is 5.75 Å². The van der Waals surface area contributed by atoms with Gasteiger partial charge in [-0.15, -0.1) is 0 Å². The fraction of sp³-hybridized carbons (Fsp3) is 0.333. The standard InChI is InChI=1S/C21H20ClNO3/c22-16-8-11-18-19(12-16)23-20(26-21(18)24)13-25-17-9-6-15(7-10-17)14-4-2-1-3-5-14/h6-12,14H,1-5,13H2. The van der Waals surface area contributed by atoms with Gasteiger partial charge in [0, 0.05) is 5.02 Å². The molecule has 0 unspecified atom stereocenters. The Labute approximate surface area is 156 Å². The minimum atomic E-state index is -0.432. The molecular weight excluding hydrogens is 350 g/mol. The van der Waals surface area contributed by atoms with Crippen LogP contribution in [0.4, 0.5) is 0 Å². The molecule has 1 fully saturated rings. The van der Waals surface area contributed by atoms with E-state index in [0.717, 1.165) is 5.75 Å². The first-order valence-corrected chi connectivity index (χ1v) is 9.39. The highest BCUT2D eigenvalue weighted by Crippen LogP contribution is 2.33. The molecule has 1 aromatic heterocycles. The van der Waals surface area contributed by atoms with Crippen molar-refractivity contribution >= 4 is 22.5 Å². The van der Waals surface area contributed by atoms with Gasteiger partial charge in [0.05, 0.1) is 10.9 Å². The number of fused-ring (bicyclic) bond motifs is 1. The van der Waals surface area contributed by atoms with Crippen molar-refractivity contribution in [1.82, 2.24) is 4.98 Å². The van der Waals surface area contributed by atoms with E-state index in [1.807, 2.05) is 12.1 Å². The van der Waals surface area contributed by atoms with Crippen LogP contribution in [0.15, 0.2) is 51.7 Å². The van der Waals surface area contributed by atoms with Crippen LogP contribution >= 0.6 is 11.6 Å². The minimum absolute atomic E-state index is 0.0977. The minimum Gasteiger partial charge on any atom is -0.484 e. The molecule has 1 aliphatic rings. The number of benzene rings is 2. The maximum Gasteiger partial charge on any atom is 0.346 e. The predicted molar refractivity (Wildman–Crippen MR) is 102 cm³/mol. The molecule has 0 bridgehead atoms. The van der Waals surface area contributed by atoms with Gasteiger partial charge in [0.25, 0.3) is 0 Å². The highest BCUT2D eigenvalue weighted by molar-refractivity contribution is 6.31. The van der Waals surface area contributed by atoms with E-state index < -0.39 is 5.63 Å². The van der Waals surface area contributed by atoms with Crippen LogP contribution in [0.3, 0.4) is 0 Å². The van der Waals surface area contributed by atoms with Crippen LogP contribution < -0.4 is 10.4 Å². The van der Waals surface area contributed by atoms with E-state index in [4.69, 9.17) is 20.8 Å². The van der Waals surface area contributed by atoms with Gasteiger partial charge in [-0.05, 0) is 54.7 Å². The predicted octanol–water partition coefficient (Wildman–Crippen LogP) is 5.47. The van der Waals surface area contributed by atoms with Crippen LogP contribution in [-0.2, 0) is 6.61 Å². The maximum absolute atomic E-state index is 12.0. The molecule has 0 radical (unpaired) electrons. The molecule has 1 aliphatic carbocycles. The van der Waals surface area contributed by atoms with Crippen LogP contribution in [0.1, 0.15) is 49.5 Å². The number of halogens is 1. The molecule has 0 spiro atoms. The summed E-state index contributed by atoms with van der Waals surface area (Å²) < 4.78 is 11.0. The summed E-state index contributed by atoms with van der Waals surface area (Å²) >= 11 is 5.97. The quantitative estimate of drug-likeness (QED) is 0.612. The van der Waals surface area contributed by atoms with Gasteiger partial charge in [-0.2, -0.15) is 0 Å². The van der Waals surface area contributed by atoms with Gasteiger partial charge >= 0.3 is 5.63 Å². The van der Waals surface area contributed by atoms with Crippen LogP contribution in [0, 0.1) is 0 Å². The summed E-state index contributed by atoms with van der Waals surface area (Å²) in [5.41, 5.74) is 1.46. The number of aromatic nitrogens is 1. The van der Waals surface area contributed by atoms with Crippen molar-refractivity contribution in [3.8, 4) is 5.75 Å². The largest absolute Gasteiger partial charge is 0.484 e. The average molecular weight is 370 g/mol. The van der Waals surface area contributed by atoms with Gasteiger partial charge in [0.2, 0.25) is 5.89 Å². The molecule has 1 heterocycles. The normalized spacial score (nSPS) is 15.3. The summed E-state index contributed by atoms with van der Waals surface area (Å²) in [5.74, 6) is 1.64. The number of hydrogen-bond acceptors (Lipinski definition) is 4. The summed E-state index contributed by atoms with van der Waals surface area (Å²) in [4.78, 5) is 16.4. The van der Waals surface area contributed by atoms with Gasteiger partial charge in [0.1, 0.15) is 5.75 Å². The van der Waals surface area contributed by atoms with Crippen molar-refractivity contribution in [2.24, 2.45) is 0 Å². The first-order valence-electron chi connectivity index (χ1n) is 9.01. The van der Waals surface area contributed by atoms with Gasteiger partial charge in [-0.25, -0.2) is 9.78 Å². The average Bonchev–Trinajstić information content (AvgIpc) is 2.67. The summed E-state index contributed by atoms with van der Waals surface area (Å²) in [7, 11) is 0. The van der Waals surface area contributed by atoms with Gasteiger partial charge < -0.3 is 9.15 Å². The zero-order valence-electron chi connectivity index (χ0n) is 14.4. The molecular formula is C21H20ClNO3. The lowest BCUT2D eigenvalue weighted by Crippen LogP contribution is -2.08. The second-order valence-corrected chi connectivity index (χ2v) is 7.19. The highest BCUT2D eigenvalue weighted by Gasteiger charge is 2.15. The number of ether oxygens (including phenoxy) is 1. The van der Waals surface area contributed by atoms with Crippen LogP contribution in [-0.4, -0.2) is 4.98 Å². The number of rotatable bonds is 4. The van der Waals surface area contributed by atoms with E-state index in [0.29, 0.717) is 21.8 Å². The molecule has 5 heteroatoms. The van der Waals surface area contributed by atoms with E-state index in [1.54, 1.807) is 18.2 Å². The SMILES string of the molecule is O=c1oc(COc2ccc(C3CCCCC3)cc2)nc2cc(Cl)ccc12. The summed E-state index contributed by atoms with van der Waals surface area (Å²) in [5, 5.41) is 0.941. The number of hydrogen-bond donors (Lipinski definition) is 0. The fourth-order valence-electron chi connectivity index (χ4n) is 3.57. The maximum atomic E-state index is 12.0. The van der Waals surface area contributed by atoms with Crippen LogP contribution in [0.2, 0.25) is 5.02 Å². The molecule has 134 valence electrons.